The molecule has 3 aromatic carbocycles. The van der Waals surface area contributed by atoms with E-state index in [2.05, 4.69) is 0 Å². The van der Waals surface area contributed by atoms with Gasteiger partial charge in [-0.25, -0.2) is 9.59 Å². The van der Waals surface area contributed by atoms with E-state index in [0.717, 1.165) is 23.3 Å². The number of Topliss-reactive ketones (excluding diaryl/α,β-unsaturated/α-hetero) is 1. The average molecular weight is 609 g/mol. The van der Waals surface area contributed by atoms with Gasteiger partial charge in [-0.15, -0.1) is 0 Å². The summed E-state index contributed by atoms with van der Waals surface area (Å²) >= 11 is 0. The molecule has 5 unspecified atom stereocenters. The zero-order chi connectivity index (χ0) is 31.8. The van der Waals surface area contributed by atoms with Crippen LogP contribution in [0.15, 0.2) is 72.8 Å². The van der Waals surface area contributed by atoms with E-state index in [9.17, 15) is 39.9 Å². The monoisotopic (exact) mass is 608 g/mol. The highest BCUT2D eigenvalue weighted by Gasteiger charge is 2.48. The number of hydrogen-bond acceptors (Lipinski definition) is 12. The van der Waals surface area contributed by atoms with Crippen molar-refractivity contribution in [2.45, 2.75) is 50.5 Å². The maximum atomic E-state index is 12.9. The molecule has 1 saturated heterocycles. The van der Waals surface area contributed by atoms with Crippen LogP contribution in [0.2, 0.25) is 0 Å². The van der Waals surface area contributed by atoms with E-state index < -0.39 is 66.5 Å². The molecule has 1 heterocycles. The van der Waals surface area contributed by atoms with Crippen molar-refractivity contribution in [1.29, 1.82) is 0 Å². The highest BCUT2D eigenvalue weighted by molar-refractivity contribution is 5.91. The van der Waals surface area contributed by atoms with Gasteiger partial charge in [-0.05, 0) is 54.8 Å². The van der Waals surface area contributed by atoms with E-state index in [-0.39, 0.29) is 17.1 Å². The van der Waals surface area contributed by atoms with Gasteiger partial charge in [0.15, 0.2) is 23.4 Å². The highest BCUT2D eigenvalue weighted by Crippen LogP contribution is 2.36. The van der Waals surface area contributed by atoms with Crippen molar-refractivity contribution in [3.8, 4) is 23.0 Å². The molecule has 5 atom stereocenters. The minimum Gasteiger partial charge on any atom is -0.504 e. The summed E-state index contributed by atoms with van der Waals surface area (Å²) < 4.78 is 22.3. The summed E-state index contributed by atoms with van der Waals surface area (Å²) in [5, 5.41) is 50.9. The fourth-order valence-electron chi connectivity index (χ4n) is 4.31. The lowest BCUT2D eigenvalue weighted by molar-refractivity contribution is -0.277. The smallest absolute Gasteiger partial charge is 0.339 e. The lowest BCUT2D eigenvalue weighted by Crippen LogP contribution is -2.61. The molecule has 0 radical (unpaired) electrons. The second kappa shape index (κ2) is 14.5. The zero-order valence-corrected chi connectivity index (χ0v) is 23.6. The lowest BCUT2D eigenvalue weighted by atomic mass is 9.99. The van der Waals surface area contributed by atoms with E-state index >= 15 is 0 Å². The predicted molar refractivity (Wildman–Crippen MR) is 154 cm³/mol. The molecule has 0 saturated carbocycles. The van der Waals surface area contributed by atoms with Crippen LogP contribution < -0.4 is 4.74 Å². The van der Waals surface area contributed by atoms with E-state index in [4.69, 9.17) is 18.9 Å². The number of ketones is 1. The molecule has 44 heavy (non-hydrogen) atoms. The van der Waals surface area contributed by atoms with Crippen molar-refractivity contribution in [3.63, 3.8) is 0 Å². The summed E-state index contributed by atoms with van der Waals surface area (Å²) in [7, 11) is 0. The highest BCUT2D eigenvalue weighted by atomic mass is 16.7. The number of aliphatic hydroxyl groups is 2. The number of carbonyl (C=O) groups excluding carboxylic acids is 3. The standard InChI is InChI=1S/C32H32O12/c1-18(33)7-8-20-9-12-22(13-10-20)42-32-30(44-31(40)21-15-23(34)27(37)24(35)16-21)29(39)28(38)25(43-32)17-41-26(36)14-11-19-5-3-2-4-6-19/h2-6,9-16,25,28-30,32,34-35,37-39H,7-8,17H2,1H3/b14-11+. The minimum atomic E-state index is -1.80. The van der Waals surface area contributed by atoms with Crippen molar-refractivity contribution in [3.05, 3.63) is 89.5 Å². The number of aliphatic hydroxyl groups excluding tert-OH is 2. The minimum absolute atomic E-state index is 0.0377. The molecule has 5 N–H and O–H groups in total. The number of rotatable bonds is 11. The van der Waals surface area contributed by atoms with Gasteiger partial charge in [0.2, 0.25) is 6.29 Å². The maximum Gasteiger partial charge on any atom is 0.339 e. The number of esters is 2. The Labute approximate surface area is 252 Å². The first-order chi connectivity index (χ1) is 21.0. The normalized spacial score (nSPS) is 21.5. The Kier molecular flexibility index (Phi) is 10.6. The second-order valence-electron chi connectivity index (χ2n) is 10.1. The van der Waals surface area contributed by atoms with Gasteiger partial charge in [-0.3, -0.25) is 0 Å². The molecule has 0 amide bonds. The van der Waals surface area contributed by atoms with E-state index in [1.165, 1.54) is 19.1 Å². The summed E-state index contributed by atoms with van der Waals surface area (Å²) in [5.74, 6) is -4.06. The SMILES string of the molecule is CC(=O)CCc1ccc(OC2OC(COC(=O)/C=C/c3ccccc3)C(O)C(O)C2OC(=O)c2cc(O)c(O)c(O)c2)cc1. The van der Waals surface area contributed by atoms with Gasteiger partial charge in [0, 0.05) is 12.5 Å². The van der Waals surface area contributed by atoms with Crippen molar-refractivity contribution in [2.24, 2.45) is 0 Å². The number of carbonyl (C=O) groups is 3. The van der Waals surface area contributed by atoms with Gasteiger partial charge in [0.25, 0.3) is 0 Å². The van der Waals surface area contributed by atoms with Crippen molar-refractivity contribution >= 4 is 23.8 Å². The quantitative estimate of drug-likeness (QED) is 0.122. The van der Waals surface area contributed by atoms with Gasteiger partial charge in [-0.2, -0.15) is 0 Å². The Morgan fingerprint density at radius 1 is 0.909 bits per heavy atom. The Bertz CT molecular complexity index is 1460. The molecule has 0 bridgehead atoms. The molecule has 4 rings (SSSR count). The summed E-state index contributed by atoms with van der Waals surface area (Å²) in [4.78, 5) is 36.5. The van der Waals surface area contributed by atoms with Crippen molar-refractivity contribution < 1.29 is 58.9 Å². The first-order valence-electron chi connectivity index (χ1n) is 13.6. The number of aryl methyl sites for hydroxylation is 1. The van der Waals surface area contributed by atoms with Crippen LogP contribution in [0.5, 0.6) is 23.0 Å². The third-order valence-electron chi connectivity index (χ3n) is 6.74. The Morgan fingerprint density at radius 2 is 1.57 bits per heavy atom. The van der Waals surface area contributed by atoms with Crippen LogP contribution in [0.1, 0.15) is 34.8 Å². The number of phenols is 3. The maximum absolute atomic E-state index is 12.9. The molecule has 12 heteroatoms. The third-order valence-corrected chi connectivity index (χ3v) is 6.74. The van der Waals surface area contributed by atoms with Crippen LogP contribution in [-0.2, 0) is 30.2 Å². The Balaban J connectivity index is 1.50. The average Bonchev–Trinajstić information content (AvgIpc) is 3.01. The van der Waals surface area contributed by atoms with Crippen LogP contribution in [0, 0.1) is 0 Å². The second-order valence-corrected chi connectivity index (χ2v) is 10.1. The molecule has 1 aliphatic rings. The fraction of sp³-hybridized carbons (Fsp3) is 0.281. The Hall–Kier alpha value is -4.91. The van der Waals surface area contributed by atoms with Crippen LogP contribution >= 0.6 is 0 Å². The van der Waals surface area contributed by atoms with Crippen molar-refractivity contribution in [2.75, 3.05) is 6.61 Å². The molecule has 1 aliphatic heterocycles. The van der Waals surface area contributed by atoms with Gasteiger partial charge in [0.05, 0.1) is 5.56 Å². The molecule has 1 fully saturated rings. The summed E-state index contributed by atoms with van der Waals surface area (Å²) in [6.45, 7) is 1.01. The Morgan fingerprint density at radius 3 is 2.20 bits per heavy atom. The zero-order valence-electron chi connectivity index (χ0n) is 23.6. The first kappa shape index (κ1) is 32.0. The molecule has 12 nitrogen and oxygen atoms in total. The molecular formula is C32H32O12. The molecule has 232 valence electrons. The van der Waals surface area contributed by atoms with E-state index in [1.807, 2.05) is 6.07 Å². The number of hydrogen-bond donors (Lipinski definition) is 5. The molecule has 0 spiro atoms. The van der Waals surface area contributed by atoms with Crippen LogP contribution in [-0.4, -0.2) is 80.6 Å². The third kappa shape index (κ3) is 8.34. The summed E-state index contributed by atoms with van der Waals surface area (Å²) in [6.07, 6.45) is -4.36. The number of phenolic OH excluding ortho intramolecular Hbond substituents is 3. The number of ether oxygens (including phenoxy) is 4. The van der Waals surface area contributed by atoms with Crippen LogP contribution in [0.3, 0.4) is 0 Å². The number of benzene rings is 3. The summed E-state index contributed by atoms with van der Waals surface area (Å²) in [5.41, 5.74) is 1.24. The molecule has 0 aliphatic carbocycles. The fourth-order valence-corrected chi connectivity index (χ4v) is 4.31. The lowest BCUT2D eigenvalue weighted by Gasteiger charge is -2.41. The largest absolute Gasteiger partial charge is 0.504 e. The topological polar surface area (TPSA) is 189 Å². The first-order valence-corrected chi connectivity index (χ1v) is 13.6. The molecule has 3 aromatic rings. The number of aromatic hydroxyl groups is 3. The molecule has 0 aromatic heterocycles. The van der Waals surface area contributed by atoms with Gasteiger partial charge in [-0.1, -0.05) is 42.5 Å². The van der Waals surface area contributed by atoms with E-state index in [1.54, 1.807) is 48.5 Å². The van der Waals surface area contributed by atoms with Crippen molar-refractivity contribution in [1.82, 2.24) is 0 Å². The summed E-state index contributed by atoms with van der Waals surface area (Å²) in [6, 6.07) is 17.3. The van der Waals surface area contributed by atoms with Crippen LogP contribution in [0.4, 0.5) is 0 Å². The molecular weight excluding hydrogens is 576 g/mol. The van der Waals surface area contributed by atoms with Crippen LogP contribution in [0.25, 0.3) is 6.08 Å². The van der Waals surface area contributed by atoms with Gasteiger partial charge < -0.3 is 49.3 Å². The van der Waals surface area contributed by atoms with Gasteiger partial charge in [0.1, 0.15) is 36.5 Å². The predicted octanol–water partition coefficient (Wildman–Crippen LogP) is 2.63. The van der Waals surface area contributed by atoms with E-state index in [0.29, 0.717) is 12.8 Å². The van der Waals surface area contributed by atoms with Gasteiger partial charge >= 0.3 is 11.9 Å².